The molecule has 0 amide bonds. The molecule has 0 aromatic heterocycles. The summed E-state index contributed by atoms with van der Waals surface area (Å²) in [5.41, 5.74) is 0. The molecule has 0 aromatic rings. The van der Waals surface area contributed by atoms with E-state index in [1.807, 2.05) is 32.0 Å². The lowest BCUT2D eigenvalue weighted by Crippen LogP contribution is -2.39. The van der Waals surface area contributed by atoms with Gasteiger partial charge in [0.15, 0.2) is 0 Å². The third kappa shape index (κ3) is 3.82. The zero-order chi connectivity index (χ0) is 11.2. The zero-order valence-electron chi connectivity index (χ0n) is 9.87. The molecule has 0 N–H and O–H groups in total. The van der Waals surface area contributed by atoms with Crippen molar-refractivity contribution in [3.05, 3.63) is 12.2 Å². The Morgan fingerprint density at radius 2 is 2.14 bits per heavy atom. The summed E-state index contributed by atoms with van der Waals surface area (Å²) in [4.78, 5) is 9.15. The number of nitrogens with zero attached hydrogens (tertiary/aromatic N) is 2. The monoisotopic (exact) mass is 216 g/mol. The molecule has 0 saturated heterocycles. The fraction of sp³-hybridized carbons (Fsp3) is 0.700. The number of rotatable bonds is 4. The lowest BCUT2D eigenvalue weighted by atomic mass is 10.3. The van der Waals surface area contributed by atoms with Crippen molar-refractivity contribution in [1.82, 2.24) is 5.06 Å². The Labute approximate surface area is 91.2 Å². The lowest BCUT2D eigenvalue weighted by Gasteiger charge is -2.33. The van der Waals surface area contributed by atoms with Crippen molar-refractivity contribution in [2.45, 2.75) is 25.6 Å². The van der Waals surface area contributed by atoms with Crippen molar-refractivity contribution in [2.75, 3.05) is 21.2 Å². The van der Waals surface area contributed by atoms with Crippen LogP contribution < -0.4 is 0 Å². The quantitative estimate of drug-likeness (QED) is 0.237. The second-order valence-corrected chi connectivity index (χ2v) is 4.70. The topological polar surface area (TPSA) is 24.8 Å². The molecule has 0 aliphatic rings. The maximum Gasteiger partial charge on any atom is 0.112 e. The average Bonchev–Trinajstić information content (AvgIpc) is 2.16. The van der Waals surface area contributed by atoms with E-state index in [1.54, 1.807) is 25.9 Å². The predicted octanol–water partition coefficient (Wildman–Crippen LogP) is 2.55. The van der Waals surface area contributed by atoms with Gasteiger partial charge in [-0.3, -0.25) is 4.99 Å². The molecule has 0 aliphatic carbocycles. The number of thioether (sulfide) groups is 1. The Morgan fingerprint density at radius 3 is 2.50 bits per heavy atom. The van der Waals surface area contributed by atoms with Crippen molar-refractivity contribution in [3.63, 3.8) is 0 Å². The molecule has 0 spiro atoms. The molecule has 4 heteroatoms. The maximum absolute atomic E-state index is 5.22. The molecule has 0 aliphatic heterocycles. The van der Waals surface area contributed by atoms with Crippen LogP contribution in [0.5, 0.6) is 0 Å². The number of hydrogen-bond donors (Lipinski definition) is 0. The third-order valence-corrected chi connectivity index (χ3v) is 3.33. The van der Waals surface area contributed by atoms with Gasteiger partial charge in [-0.15, -0.1) is 0 Å². The largest absolute Gasteiger partial charge is 0.301 e. The Hall–Kier alpha value is -0.320. The van der Waals surface area contributed by atoms with Crippen molar-refractivity contribution < 1.29 is 4.84 Å². The second kappa shape index (κ2) is 6.22. The van der Waals surface area contributed by atoms with Crippen LogP contribution in [0.15, 0.2) is 17.1 Å². The van der Waals surface area contributed by atoms with Crippen LogP contribution in [-0.4, -0.2) is 36.2 Å². The molecule has 1 atom stereocenters. The fourth-order valence-corrected chi connectivity index (χ4v) is 2.14. The van der Waals surface area contributed by atoms with E-state index in [2.05, 4.69) is 18.0 Å². The minimum Gasteiger partial charge on any atom is -0.301 e. The SMILES string of the molecule is C/C=C\C(C)(SC(C)=NC)N(C)OC. The number of hydroxylamine groups is 2. The summed E-state index contributed by atoms with van der Waals surface area (Å²) in [5, 5.41) is 2.85. The zero-order valence-corrected chi connectivity index (χ0v) is 10.7. The molecule has 82 valence electrons. The molecule has 0 heterocycles. The first-order valence-electron chi connectivity index (χ1n) is 4.54. The summed E-state index contributed by atoms with van der Waals surface area (Å²) < 4.78 is 0. The standard InChI is InChI=1S/C10H20N2OS/c1-7-8-10(3,12(5)13-6)14-9(2)11-4/h7-8H,1-6H3/b8-7-,11-9?. The minimum atomic E-state index is -0.201. The van der Waals surface area contributed by atoms with Gasteiger partial charge in [-0.25, -0.2) is 0 Å². The molecule has 0 saturated carbocycles. The molecule has 3 nitrogen and oxygen atoms in total. The predicted molar refractivity (Wildman–Crippen MR) is 64.6 cm³/mol. The molecule has 0 radical (unpaired) electrons. The molecule has 14 heavy (non-hydrogen) atoms. The van der Waals surface area contributed by atoms with Gasteiger partial charge in [0.05, 0.1) is 12.2 Å². The van der Waals surface area contributed by atoms with Crippen LogP contribution >= 0.6 is 11.8 Å². The summed E-state index contributed by atoms with van der Waals surface area (Å²) in [6.45, 7) is 6.09. The highest BCUT2D eigenvalue weighted by Gasteiger charge is 2.28. The van der Waals surface area contributed by atoms with Crippen LogP contribution in [0.1, 0.15) is 20.8 Å². The highest BCUT2D eigenvalue weighted by atomic mass is 32.2. The lowest BCUT2D eigenvalue weighted by molar-refractivity contribution is -0.134. The average molecular weight is 216 g/mol. The fourth-order valence-electron chi connectivity index (χ4n) is 1.04. The highest BCUT2D eigenvalue weighted by molar-refractivity contribution is 8.15. The van der Waals surface area contributed by atoms with Crippen molar-refractivity contribution in [3.8, 4) is 0 Å². The van der Waals surface area contributed by atoms with Crippen molar-refractivity contribution >= 4 is 16.8 Å². The smallest absolute Gasteiger partial charge is 0.112 e. The van der Waals surface area contributed by atoms with Gasteiger partial charge in [0.2, 0.25) is 0 Å². The van der Waals surface area contributed by atoms with Gasteiger partial charge in [-0.05, 0) is 20.8 Å². The van der Waals surface area contributed by atoms with Crippen molar-refractivity contribution in [2.24, 2.45) is 4.99 Å². The summed E-state index contributed by atoms with van der Waals surface area (Å²) in [6, 6.07) is 0. The second-order valence-electron chi connectivity index (χ2n) is 3.08. The van der Waals surface area contributed by atoms with Gasteiger partial charge >= 0.3 is 0 Å². The first-order valence-corrected chi connectivity index (χ1v) is 5.36. The van der Waals surface area contributed by atoms with Crippen molar-refractivity contribution in [1.29, 1.82) is 0 Å². The van der Waals surface area contributed by atoms with E-state index in [0.29, 0.717) is 0 Å². The van der Waals surface area contributed by atoms with Gasteiger partial charge in [-0.2, -0.15) is 5.06 Å². The molecular formula is C10H20N2OS. The number of likely N-dealkylation sites (N-methyl/N-ethyl adjacent to an activating group) is 1. The Balaban J connectivity index is 4.72. The van der Waals surface area contributed by atoms with Crippen LogP contribution in [0.3, 0.4) is 0 Å². The number of hydrogen-bond acceptors (Lipinski definition) is 4. The number of aliphatic imine (C=N–C) groups is 1. The van der Waals surface area contributed by atoms with Gasteiger partial charge in [-0.1, -0.05) is 23.9 Å². The van der Waals surface area contributed by atoms with E-state index in [9.17, 15) is 0 Å². The van der Waals surface area contributed by atoms with Gasteiger partial charge in [0.25, 0.3) is 0 Å². The van der Waals surface area contributed by atoms with E-state index in [-0.39, 0.29) is 4.87 Å². The van der Waals surface area contributed by atoms with Crippen LogP contribution in [0.4, 0.5) is 0 Å². The molecule has 0 fully saturated rings. The van der Waals surface area contributed by atoms with Gasteiger partial charge in [0.1, 0.15) is 4.87 Å². The minimum absolute atomic E-state index is 0.201. The first kappa shape index (κ1) is 13.7. The van der Waals surface area contributed by atoms with E-state index in [0.717, 1.165) is 5.04 Å². The molecule has 0 rings (SSSR count). The van der Waals surface area contributed by atoms with Crippen LogP contribution in [0.25, 0.3) is 0 Å². The van der Waals surface area contributed by atoms with E-state index >= 15 is 0 Å². The first-order chi connectivity index (χ1) is 6.50. The number of allylic oxidation sites excluding steroid dienone is 1. The molecular weight excluding hydrogens is 196 g/mol. The van der Waals surface area contributed by atoms with Crippen LogP contribution in [0.2, 0.25) is 0 Å². The molecule has 0 aromatic carbocycles. The van der Waals surface area contributed by atoms with Gasteiger partial charge < -0.3 is 4.84 Å². The van der Waals surface area contributed by atoms with E-state index in [4.69, 9.17) is 4.84 Å². The normalized spacial score (nSPS) is 17.8. The Kier molecular flexibility index (Phi) is 6.08. The summed E-state index contributed by atoms with van der Waals surface area (Å²) in [6.07, 6.45) is 4.11. The Morgan fingerprint density at radius 1 is 1.57 bits per heavy atom. The third-order valence-electron chi connectivity index (χ3n) is 2.04. The molecule has 1 unspecified atom stereocenters. The van der Waals surface area contributed by atoms with Crippen LogP contribution in [-0.2, 0) is 4.84 Å². The van der Waals surface area contributed by atoms with Gasteiger partial charge in [0, 0.05) is 14.1 Å². The summed E-state index contributed by atoms with van der Waals surface area (Å²) in [5.74, 6) is 0. The van der Waals surface area contributed by atoms with Crippen LogP contribution in [0, 0.1) is 0 Å². The summed E-state index contributed by atoms with van der Waals surface area (Å²) in [7, 11) is 5.38. The van der Waals surface area contributed by atoms with E-state index < -0.39 is 0 Å². The Bertz CT molecular complexity index is 228. The molecule has 0 bridgehead atoms. The van der Waals surface area contributed by atoms with E-state index in [1.165, 1.54) is 0 Å². The highest BCUT2D eigenvalue weighted by Crippen LogP contribution is 2.30. The summed E-state index contributed by atoms with van der Waals surface area (Å²) >= 11 is 1.67. The maximum atomic E-state index is 5.22.